The summed E-state index contributed by atoms with van der Waals surface area (Å²) >= 11 is 1.87. The van der Waals surface area contributed by atoms with Crippen molar-refractivity contribution >= 4 is 109 Å². The molecule has 0 saturated heterocycles. The summed E-state index contributed by atoms with van der Waals surface area (Å²) in [5.74, 6) is 0. The van der Waals surface area contributed by atoms with E-state index >= 15 is 0 Å². The fourth-order valence-electron chi connectivity index (χ4n) is 13.9. The first-order valence-electron chi connectivity index (χ1n) is 31.2. The van der Waals surface area contributed by atoms with E-state index in [9.17, 15) is 0 Å². The van der Waals surface area contributed by atoms with Gasteiger partial charge >= 0.3 is 0 Å². The SMILES string of the molecule is c1ccc(-c2ccc(-c3ccccc3N(c3ccccc3-c3cccc(N(c4ccc(-c5cccc6ccccc56)cc4)c4ccc5c(ccc6cc(-c7cccc8sc9ccccc9c78)ccc65)c4)c3)c3ccc(-c4ccccc4)c4ccccc34)cc2)cc1. The number of nitrogens with zero attached hydrogens (tertiary/aromatic N) is 2. The second kappa shape index (κ2) is 22.8. The molecular formula is C88H58N2S. The Morgan fingerprint density at radius 2 is 0.648 bits per heavy atom. The number of para-hydroxylation sites is 2. The molecule has 426 valence electrons. The van der Waals surface area contributed by atoms with Crippen LogP contribution in [0.5, 0.6) is 0 Å². The van der Waals surface area contributed by atoms with Gasteiger partial charge in [-0.3, -0.25) is 0 Å². The number of hydrogen-bond acceptors (Lipinski definition) is 3. The monoisotopic (exact) mass is 1170 g/mol. The van der Waals surface area contributed by atoms with Gasteiger partial charge in [0.2, 0.25) is 0 Å². The predicted octanol–water partition coefficient (Wildman–Crippen LogP) is 25.6. The number of hydrogen-bond donors (Lipinski definition) is 0. The lowest BCUT2D eigenvalue weighted by molar-refractivity contribution is 1.28. The van der Waals surface area contributed by atoms with E-state index < -0.39 is 0 Å². The normalized spacial score (nSPS) is 11.5. The Kier molecular flexibility index (Phi) is 13.4. The molecule has 0 atom stereocenters. The summed E-state index contributed by atoms with van der Waals surface area (Å²) in [7, 11) is 0. The minimum absolute atomic E-state index is 1.05. The third-order valence-corrected chi connectivity index (χ3v) is 19.4. The summed E-state index contributed by atoms with van der Waals surface area (Å²) < 4.78 is 2.63. The minimum Gasteiger partial charge on any atom is -0.310 e. The average molecular weight is 1180 g/mol. The first kappa shape index (κ1) is 53.6. The van der Waals surface area contributed by atoms with Crippen molar-refractivity contribution in [3.05, 3.63) is 352 Å². The summed E-state index contributed by atoms with van der Waals surface area (Å²) in [6, 6.07) is 130. The van der Waals surface area contributed by atoms with E-state index in [4.69, 9.17) is 0 Å². The van der Waals surface area contributed by atoms with Crippen LogP contribution in [-0.4, -0.2) is 0 Å². The standard InChI is InChI=1S/C88H58N2S/c1-3-20-59(21-4-1)60-40-42-64(43-41-60)77-29-11-14-36-83(77)90(85-55-54-74(61-22-5-2-6-23-61)80-31-9-10-32-81(80)85)84-37-15-12-30-78(84)65-26-17-27-70(57-65)89(69-49-46-63(47-50-69)73-34-18-25-62-24-7-8-28-72(62)73)71-51-53-76-68(58-71)45-44-66-56-67(48-52-75(66)76)79-35-19-39-87-88(79)82-33-13-16-38-86(82)91-87/h1-58H. The lowest BCUT2D eigenvalue weighted by atomic mass is 9.94. The van der Waals surface area contributed by atoms with Gasteiger partial charge in [0.15, 0.2) is 0 Å². The third kappa shape index (κ3) is 9.68. The highest BCUT2D eigenvalue weighted by Crippen LogP contribution is 2.50. The van der Waals surface area contributed by atoms with Gasteiger partial charge in [0.05, 0.1) is 17.1 Å². The molecule has 0 aliphatic rings. The molecule has 16 aromatic carbocycles. The zero-order chi connectivity index (χ0) is 60.2. The number of rotatable bonds is 12. The van der Waals surface area contributed by atoms with Crippen molar-refractivity contribution in [2.45, 2.75) is 0 Å². The molecular weight excluding hydrogens is 1120 g/mol. The fraction of sp³-hybridized carbons (Fsp3) is 0. The van der Waals surface area contributed by atoms with Gasteiger partial charge in [0.25, 0.3) is 0 Å². The molecule has 0 fully saturated rings. The van der Waals surface area contributed by atoms with Crippen molar-refractivity contribution in [1.82, 2.24) is 0 Å². The van der Waals surface area contributed by atoms with Crippen molar-refractivity contribution in [3.8, 4) is 66.8 Å². The Hall–Kier alpha value is -11.6. The number of benzene rings is 16. The van der Waals surface area contributed by atoms with Crippen LogP contribution in [0.15, 0.2) is 352 Å². The molecule has 91 heavy (non-hydrogen) atoms. The van der Waals surface area contributed by atoms with Crippen molar-refractivity contribution in [2.24, 2.45) is 0 Å². The molecule has 1 aromatic heterocycles. The molecule has 0 radical (unpaired) electrons. The molecule has 0 N–H and O–H groups in total. The molecule has 0 saturated carbocycles. The Morgan fingerprint density at radius 3 is 1.43 bits per heavy atom. The molecule has 1 heterocycles. The molecule has 0 spiro atoms. The van der Waals surface area contributed by atoms with Crippen LogP contribution in [0.1, 0.15) is 0 Å². The van der Waals surface area contributed by atoms with E-state index in [1.54, 1.807) is 0 Å². The molecule has 0 aliphatic heterocycles. The fourth-order valence-corrected chi connectivity index (χ4v) is 15.1. The first-order chi connectivity index (χ1) is 45.1. The van der Waals surface area contributed by atoms with E-state index in [-0.39, 0.29) is 0 Å². The number of thiophene rings is 1. The van der Waals surface area contributed by atoms with Crippen molar-refractivity contribution in [3.63, 3.8) is 0 Å². The first-order valence-corrected chi connectivity index (χ1v) is 32.0. The molecule has 17 aromatic rings. The number of anilines is 6. The van der Waals surface area contributed by atoms with Crippen LogP contribution in [0.2, 0.25) is 0 Å². The Labute approximate surface area is 533 Å². The van der Waals surface area contributed by atoms with Gasteiger partial charge in [-0.25, -0.2) is 0 Å². The molecule has 0 amide bonds. The van der Waals surface area contributed by atoms with E-state index in [0.29, 0.717) is 0 Å². The van der Waals surface area contributed by atoms with Gasteiger partial charge in [0.1, 0.15) is 0 Å². The quantitative estimate of drug-likeness (QED) is 0.113. The number of fused-ring (bicyclic) bond motifs is 8. The van der Waals surface area contributed by atoms with Crippen LogP contribution < -0.4 is 9.80 Å². The second-order valence-corrected chi connectivity index (χ2v) is 24.6. The van der Waals surface area contributed by atoms with E-state index in [1.165, 1.54) is 102 Å². The van der Waals surface area contributed by atoms with Crippen molar-refractivity contribution in [1.29, 1.82) is 0 Å². The average Bonchev–Trinajstić information content (AvgIpc) is 1.60. The Balaban J connectivity index is 0.816. The molecule has 2 nitrogen and oxygen atoms in total. The van der Waals surface area contributed by atoms with Gasteiger partial charge in [0, 0.05) is 53.7 Å². The van der Waals surface area contributed by atoms with Gasteiger partial charge in [-0.1, -0.05) is 279 Å². The van der Waals surface area contributed by atoms with E-state index in [1.807, 2.05) is 11.3 Å². The summed E-state index contributed by atoms with van der Waals surface area (Å²) in [6.45, 7) is 0. The van der Waals surface area contributed by atoms with E-state index in [0.717, 1.165) is 61.8 Å². The highest BCUT2D eigenvalue weighted by atomic mass is 32.1. The smallest absolute Gasteiger partial charge is 0.0540 e. The van der Waals surface area contributed by atoms with Crippen LogP contribution in [0.3, 0.4) is 0 Å². The van der Waals surface area contributed by atoms with Crippen LogP contribution >= 0.6 is 11.3 Å². The van der Waals surface area contributed by atoms with Crippen molar-refractivity contribution < 1.29 is 0 Å². The Morgan fingerprint density at radius 1 is 0.187 bits per heavy atom. The van der Waals surface area contributed by atoms with Gasteiger partial charge in [-0.15, -0.1) is 11.3 Å². The third-order valence-electron chi connectivity index (χ3n) is 18.3. The molecule has 3 heteroatoms. The Bertz CT molecular complexity index is 5590. The predicted molar refractivity (Wildman–Crippen MR) is 391 cm³/mol. The summed E-state index contributed by atoms with van der Waals surface area (Å²) in [6.07, 6.45) is 0. The van der Waals surface area contributed by atoms with Crippen molar-refractivity contribution in [2.75, 3.05) is 9.80 Å². The highest BCUT2D eigenvalue weighted by Gasteiger charge is 2.25. The zero-order valence-corrected chi connectivity index (χ0v) is 50.6. The largest absolute Gasteiger partial charge is 0.310 e. The van der Waals surface area contributed by atoms with E-state index in [2.05, 4.69) is 362 Å². The van der Waals surface area contributed by atoms with Gasteiger partial charge in [-0.2, -0.15) is 0 Å². The highest BCUT2D eigenvalue weighted by molar-refractivity contribution is 7.26. The summed E-state index contributed by atoms with van der Waals surface area (Å²) in [5.41, 5.74) is 20.6. The maximum Gasteiger partial charge on any atom is 0.0540 e. The molecule has 17 rings (SSSR count). The van der Waals surface area contributed by atoms with Crippen LogP contribution in [0.4, 0.5) is 34.1 Å². The molecule has 0 unspecified atom stereocenters. The lowest BCUT2D eigenvalue weighted by Crippen LogP contribution is -2.13. The van der Waals surface area contributed by atoms with Crippen LogP contribution in [-0.2, 0) is 0 Å². The maximum atomic E-state index is 2.50. The topological polar surface area (TPSA) is 6.48 Å². The molecule has 0 bridgehead atoms. The second-order valence-electron chi connectivity index (χ2n) is 23.5. The zero-order valence-electron chi connectivity index (χ0n) is 49.8. The molecule has 0 aliphatic carbocycles. The minimum atomic E-state index is 1.05. The summed E-state index contributed by atoms with van der Waals surface area (Å²) in [5, 5.41) is 12.3. The summed E-state index contributed by atoms with van der Waals surface area (Å²) in [4.78, 5) is 4.93. The van der Waals surface area contributed by atoms with Crippen LogP contribution in [0.25, 0.3) is 130 Å². The lowest BCUT2D eigenvalue weighted by Gasteiger charge is -2.31. The van der Waals surface area contributed by atoms with Gasteiger partial charge in [-0.05, 0) is 166 Å². The van der Waals surface area contributed by atoms with Crippen LogP contribution in [0, 0.1) is 0 Å². The van der Waals surface area contributed by atoms with Gasteiger partial charge < -0.3 is 9.80 Å². The maximum absolute atomic E-state index is 2.50.